The lowest BCUT2D eigenvalue weighted by atomic mass is 10.2. The summed E-state index contributed by atoms with van der Waals surface area (Å²) in [6.45, 7) is 1.86. The summed E-state index contributed by atoms with van der Waals surface area (Å²) in [6, 6.07) is 11.7. The van der Waals surface area contributed by atoms with Crippen LogP contribution in [0.3, 0.4) is 0 Å². The molecule has 0 saturated carbocycles. The molecule has 0 fully saturated rings. The molecule has 0 radical (unpaired) electrons. The van der Waals surface area contributed by atoms with Crippen molar-refractivity contribution in [2.24, 2.45) is 0 Å². The van der Waals surface area contributed by atoms with Gasteiger partial charge in [-0.3, -0.25) is 10.1 Å². The average Bonchev–Trinajstić information content (AvgIpc) is 2.78. The first-order chi connectivity index (χ1) is 16.4. The van der Waals surface area contributed by atoms with Crippen LogP contribution >= 0.6 is 56.8 Å². The fourth-order valence-electron chi connectivity index (χ4n) is 2.50. The molecule has 0 unspecified atom stereocenters. The number of halogens is 6. The number of hydrogen-bond acceptors (Lipinski definition) is 6. The van der Waals surface area contributed by atoms with E-state index in [-0.39, 0.29) is 40.3 Å². The largest absolute Gasteiger partial charge is 0.506 e. The summed E-state index contributed by atoms with van der Waals surface area (Å²) >= 11 is 9.79. The van der Waals surface area contributed by atoms with E-state index < -0.39 is 16.7 Å². The van der Waals surface area contributed by atoms with Crippen LogP contribution in [-0.2, 0) is 6.18 Å². The standard InChI is InChI=1S/C15H11ClF3NO4.C7H3I2NO/c1-2-23-14-8-10(4-5-12(14)20(21)22)24-13-6-3-9(7-11(13)16)15(17,18)19;8-5-1-4(3-10)2-6(9)7(5)11/h3-8H,2H2,1H3;1-2,11H. The van der Waals surface area contributed by atoms with E-state index in [9.17, 15) is 28.4 Å². The number of alkyl halides is 3. The molecule has 0 atom stereocenters. The summed E-state index contributed by atoms with van der Waals surface area (Å²) in [5.41, 5.74) is -0.571. The Balaban J connectivity index is 0.000000328. The highest BCUT2D eigenvalue weighted by Crippen LogP contribution is 2.38. The van der Waals surface area contributed by atoms with Crippen molar-refractivity contribution in [3.05, 3.63) is 81.9 Å². The minimum Gasteiger partial charge on any atom is -0.506 e. The van der Waals surface area contributed by atoms with Gasteiger partial charge in [-0.15, -0.1) is 0 Å². The topological polar surface area (TPSA) is 106 Å². The average molecular weight is 733 g/mol. The molecule has 35 heavy (non-hydrogen) atoms. The predicted octanol–water partition coefficient (Wildman–Crippen LogP) is 7.93. The molecule has 184 valence electrons. The van der Waals surface area contributed by atoms with Gasteiger partial charge in [0, 0.05) is 12.1 Å². The normalized spacial score (nSPS) is 10.6. The molecule has 0 spiro atoms. The number of benzene rings is 3. The Hall–Kier alpha value is -2.51. The lowest BCUT2D eigenvalue weighted by Gasteiger charge is -2.12. The van der Waals surface area contributed by atoms with Crippen molar-refractivity contribution in [3.8, 4) is 29.1 Å². The van der Waals surface area contributed by atoms with Crippen molar-refractivity contribution in [3.63, 3.8) is 0 Å². The lowest BCUT2D eigenvalue weighted by molar-refractivity contribution is -0.385. The number of phenols is 1. The van der Waals surface area contributed by atoms with Crippen LogP contribution in [-0.4, -0.2) is 16.6 Å². The summed E-state index contributed by atoms with van der Waals surface area (Å²) in [7, 11) is 0. The van der Waals surface area contributed by atoms with Gasteiger partial charge in [0.25, 0.3) is 0 Å². The van der Waals surface area contributed by atoms with E-state index in [0.29, 0.717) is 12.7 Å². The molecule has 13 heteroatoms. The molecule has 0 aliphatic carbocycles. The highest BCUT2D eigenvalue weighted by Gasteiger charge is 2.31. The molecule has 0 aliphatic rings. The summed E-state index contributed by atoms with van der Waals surface area (Å²) in [4.78, 5) is 10.3. The summed E-state index contributed by atoms with van der Waals surface area (Å²) in [5, 5.41) is 28.5. The zero-order chi connectivity index (χ0) is 26.3. The smallest absolute Gasteiger partial charge is 0.416 e. The minimum absolute atomic E-state index is 0.0111. The second-order valence-electron chi connectivity index (χ2n) is 6.46. The Morgan fingerprint density at radius 3 is 2.23 bits per heavy atom. The molecule has 0 bridgehead atoms. The zero-order valence-electron chi connectivity index (χ0n) is 17.6. The van der Waals surface area contributed by atoms with Crippen LogP contribution < -0.4 is 9.47 Å². The van der Waals surface area contributed by atoms with Crippen molar-refractivity contribution < 1.29 is 32.7 Å². The fraction of sp³-hybridized carbons (Fsp3) is 0.136. The number of phenolic OH excluding ortho intramolecular Hbond substituents is 1. The third-order valence-electron chi connectivity index (χ3n) is 4.06. The number of aromatic hydroxyl groups is 1. The van der Waals surface area contributed by atoms with E-state index >= 15 is 0 Å². The fourth-order valence-corrected chi connectivity index (χ4v) is 4.48. The van der Waals surface area contributed by atoms with E-state index in [4.69, 9.17) is 26.3 Å². The van der Waals surface area contributed by atoms with E-state index in [1.165, 1.54) is 18.2 Å². The quantitative estimate of drug-likeness (QED) is 0.162. The summed E-state index contributed by atoms with van der Waals surface area (Å²) in [6.07, 6.45) is -4.52. The van der Waals surface area contributed by atoms with Crippen molar-refractivity contribution >= 4 is 62.5 Å². The van der Waals surface area contributed by atoms with Gasteiger partial charge in [0.05, 0.1) is 40.9 Å². The van der Waals surface area contributed by atoms with Crippen molar-refractivity contribution in [1.82, 2.24) is 0 Å². The van der Waals surface area contributed by atoms with Gasteiger partial charge in [0.1, 0.15) is 17.2 Å². The van der Waals surface area contributed by atoms with Crippen molar-refractivity contribution in [2.45, 2.75) is 13.1 Å². The van der Waals surface area contributed by atoms with Crippen molar-refractivity contribution in [1.29, 1.82) is 5.26 Å². The van der Waals surface area contributed by atoms with Crippen LogP contribution in [0.5, 0.6) is 23.0 Å². The first-order valence-electron chi connectivity index (χ1n) is 9.41. The van der Waals surface area contributed by atoms with Gasteiger partial charge < -0.3 is 14.6 Å². The van der Waals surface area contributed by atoms with Crippen LogP contribution in [0.15, 0.2) is 48.5 Å². The van der Waals surface area contributed by atoms with E-state index in [1.807, 2.05) is 51.3 Å². The number of nitrogens with zero attached hydrogens (tertiary/aromatic N) is 2. The lowest BCUT2D eigenvalue weighted by Crippen LogP contribution is -2.04. The Bertz CT molecular complexity index is 1260. The first kappa shape index (κ1) is 28.7. The highest BCUT2D eigenvalue weighted by molar-refractivity contribution is 14.1. The number of ether oxygens (including phenoxy) is 2. The van der Waals surface area contributed by atoms with Crippen LogP contribution in [0.2, 0.25) is 5.02 Å². The monoisotopic (exact) mass is 732 g/mol. The maximum absolute atomic E-state index is 12.6. The van der Waals surface area contributed by atoms with Gasteiger partial charge in [-0.25, -0.2) is 0 Å². The predicted molar refractivity (Wildman–Crippen MR) is 139 cm³/mol. The molecule has 0 aliphatic heterocycles. The maximum Gasteiger partial charge on any atom is 0.416 e. The Kier molecular flexibility index (Phi) is 10.2. The van der Waals surface area contributed by atoms with Gasteiger partial charge in [-0.2, -0.15) is 18.4 Å². The Labute approximate surface area is 229 Å². The number of nitriles is 1. The number of nitro benzene ring substituents is 1. The van der Waals surface area contributed by atoms with E-state index in [1.54, 1.807) is 19.1 Å². The minimum atomic E-state index is -4.52. The molecule has 0 aromatic heterocycles. The summed E-state index contributed by atoms with van der Waals surface area (Å²) in [5.74, 6) is 0.375. The van der Waals surface area contributed by atoms with E-state index in [2.05, 4.69) is 0 Å². The molecule has 3 rings (SSSR count). The highest BCUT2D eigenvalue weighted by atomic mass is 127. The third-order valence-corrected chi connectivity index (χ3v) is 6.00. The molecule has 3 aromatic carbocycles. The summed E-state index contributed by atoms with van der Waals surface area (Å²) < 4.78 is 49.8. The van der Waals surface area contributed by atoms with Crippen LogP contribution in [0.4, 0.5) is 18.9 Å². The van der Waals surface area contributed by atoms with Gasteiger partial charge in [0.15, 0.2) is 0 Å². The van der Waals surface area contributed by atoms with Crippen LogP contribution in [0, 0.1) is 28.6 Å². The van der Waals surface area contributed by atoms with Crippen LogP contribution in [0.25, 0.3) is 0 Å². The third kappa shape index (κ3) is 8.00. The SMILES string of the molecule is CCOc1cc(Oc2ccc(C(F)(F)F)cc2Cl)ccc1[N+](=O)[O-].N#Cc1cc(I)c(O)c(I)c1. The van der Waals surface area contributed by atoms with Crippen LogP contribution in [0.1, 0.15) is 18.1 Å². The molecule has 0 heterocycles. The Morgan fingerprint density at radius 1 is 1.11 bits per heavy atom. The van der Waals surface area contributed by atoms with Crippen molar-refractivity contribution in [2.75, 3.05) is 6.61 Å². The molecular formula is C22H14ClF3I2N2O5. The van der Waals surface area contributed by atoms with Gasteiger partial charge in [0.2, 0.25) is 5.75 Å². The number of rotatable bonds is 5. The maximum atomic E-state index is 12.6. The molecule has 3 aromatic rings. The molecular weight excluding hydrogens is 719 g/mol. The number of hydrogen-bond donors (Lipinski definition) is 1. The second-order valence-corrected chi connectivity index (χ2v) is 9.20. The molecule has 0 amide bonds. The van der Waals surface area contributed by atoms with E-state index in [0.717, 1.165) is 18.2 Å². The molecule has 0 saturated heterocycles. The second kappa shape index (κ2) is 12.5. The zero-order valence-corrected chi connectivity index (χ0v) is 22.6. The van der Waals surface area contributed by atoms with Gasteiger partial charge >= 0.3 is 11.9 Å². The number of nitro groups is 1. The molecule has 7 nitrogen and oxygen atoms in total. The van der Waals surface area contributed by atoms with Gasteiger partial charge in [-0.1, -0.05) is 11.6 Å². The van der Waals surface area contributed by atoms with Gasteiger partial charge in [-0.05, 0) is 88.5 Å². The first-order valence-corrected chi connectivity index (χ1v) is 11.9. The Morgan fingerprint density at radius 2 is 1.74 bits per heavy atom. The molecule has 1 N–H and O–H groups in total.